The van der Waals surface area contributed by atoms with Crippen LogP contribution in [0.5, 0.6) is 0 Å². The first-order valence-corrected chi connectivity index (χ1v) is 12.0. The molecule has 7 nitrogen and oxygen atoms in total. The topological polar surface area (TPSA) is 97.1 Å². The molecule has 0 aliphatic carbocycles. The van der Waals surface area contributed by atoms with E-state index in [1.165, 1.54) is 30.0 Å². The molecule has 3 aromatic rings. The van der Waals surface area contributed by atoms with Gasteiger partial charge in [0.15, 0.2) is 5.16 Å². The Balaban J connectivity index is 1.65. The molecule has 1 aliphatic heterocycles. The number of nitrogens with one attached hydrogen (secondary N) is 1. The number of halogens is 2. The highest BCUT2D eigenvalue weighted by Gasteiger charge is 2.26. The SMILES string of the molecule is CCOC(=O)/C=C/c1ccc(Sc2nc(N3CC[C@H](N)C3)c3c(Cl)c(CC)[nH]c3n2)cc1F. The number of rotatable bonds is 7. The molecule has 1 aromatic carbocycles. The quantitative estimate of drug-likeness (QED) is 0.285. The zero-order valence-corrected chi connectivity index (χ0v) is 20.0. The third-order valence-corrected chi connectivity index (χ3v) is 6.64. The van der Waals surface area contributed by atoms with Crippen LogP contribution < -0.4 is 10.6 Å². The molecule has 2 aromatic heterocycles. The number of aromatic amines is 1. The van der Waals surface area contributed by atoms with Crippen molar-refractivity contribution in [3.05, 3.63) is 46.4 Å². The van der Waals surface area contributed by atoms with Gasteiger partial charge in [-0.1, -0.05) is 24.6 Å². The summed E-state index contributed by atoms with van der Waals surface area (Å²) in [6.07, 6.45) is 4.22. The molecule has 174 valence electrons. The molecule has 0 radical (unpaired) electrons. The number of aryl methyl sites for hydroxylation is 1. The maximum atomic E-state index is 14.6. The second-order valence-electron chi connectivity index (χ2n) is 7.69. The summed E-state index contributed by atoms with van der Waals surface area (Å²) in [5.74, 6) is -0.225. The number of anilines is 1. The molecule has 3 N–H and O–H groups in total. The average Bonchev–Trinajstić information content (AvgIpc) is 3.36. The van der Waals surface area contributed by atoms with E-state index >= 15 is 0 Å². The molecule has 1 saturated heterocycles. The van der Waals surface area contributed by atoms with E-state index in [4.69, 9.17) is 27.1 Å². The van der Waals surface area contributed by atoms with Crippen molar-refractivity contribution in [3.63, 3.8) is 0 Å². The third kappa shape index (κ3) is 5.15. The molecule has 3 heterocycles. The average molecular weight is 490 g/mol. The first kappa shape index (κ1) is 23.5. The number of aromatic nitrogens is 3. The van der Waals surface area contributed by atoms with Crippen LogP contribution in [0.4, 0.5) is 10.2 Å². The second-order valence-corrected chi connectivity index (χ2v) is 9.11. The molecule has 0 bridgehead atoms. The van der Waals surface area contributed by atoms with Crippen LogP contribution in [-0.2, 0) is 16.0 Å². The fourth-order valence-corrected chi connectivity index (χ4v) is 4.86. The number of ether oxygens (including phenoxy) is 1. The molecule has 10 heteroatoms. The van der Waals surface area contributed by atoms with E-state index in [0.717, 1.165) is 36.3 Å². The van der Waals surface area contributed by atoms with E-state index in [2.05, 4.69) is 14.9 Å². The number of fused-ring (bicyclic) bond motifs is 1. The van der Waals surface area contributed by atoms with Gasteiger partial charge in [-0.05, 0) is 49.7 Å². The van der Waals surface area contributed by atoms with Crippen molar-refractivity contribution in [2.45, 2.75) is 42.8 Å². The van der Waals surface area contributed by atoms with Gasteiger partial charge in [0.25, 0.3) is 0 Å². The summed E-state index contributed by atoms with van der Waals surface area (Å²) >= 11 is 7.89. The lowest BCUT2D eigenvalue weighted by Gasteiger charge is -2.18. The van der Waals surface area contributed by atoms with E-state index in [0.29, 0.717) is 32.8 Å². The van der Waals surface area contributed by atoms with Gasteiger partial charge in [-0.2, -0.15) is 0 Å². The molecule has 0 amide bonds. The molecule has 1 aliphatic rings. The van der Waals surface area contributed by atoms with Crippen molar-refractivity contribution in [2.24, 2.45) is 5.73 Å². The summed E-state index contributed by atoms with van der Waals surface area (Å²) in [7, 11) is 0. The number of hydrogen-bond acceptors (Lipinski definition) is 7. The predicted molar refractivity (Wildman–Crippen MR) is 129 cm³/mol. The Morgan fingerprint density at radius 3 is 2.91 bits per heavy atom. The van der Waals surface area contributed by atoms with Gasteiger partial charge in [-0.3, -0.25) is 0 Å². The molecule has 0 saturated carbocycles. The van der Waals surface area contributed by atoms with Crippen molar-refractivity contribution in [1.29, 1.82) is 0 Å². The van der Waals surface area contributed by atoms with Crippen molar-refractivity contribution in [1.82, 2.24) is 15.0 Å². The van der Waals surface area contributed by atoms with Gasteiger partial charge in [0.1, 0.15) is 17.3 Å². The van der Waals surface area contributed by atoms with E-state index < -0.39 is 11.8 Å². The number of benzene rings is 1. The van der Waals surface area contributed by atoms with Crippen LogP contribution in [0, 0.1) is 5.82 Å². The largest absolute Gasteiger partial charge is 0.463 e. The highest BCUT2D eigenvalue weighted by Crippen LogP contribution is 2.37. The minimum Gasteiger partial charge on any atom is -0.463 e. The Morgan fingerprint density at radius 2 is 2.24 bits per heavy atom. The lowest BCUT2D eigenvalue weighted by atomic mass is 10.2. The van der Waals surface area contributed by atoms with Gasteiger partial charge in [0.2, 0.25) is 0 Å². The van der Waals surface area contributed by atoms with Crippen molar-refractivity contribution in [2.75, 3.05) is 24.6 Å². The first-order chi connectivity index (χ1) is 15.9. The molecular formula is C23H25ClFN5O2S. The maximum Gasteiger partial charge on any atom is 0.330 e. The minimum absolute atomic E-state index is 0.0822. The van der Waals surface area contributed by atoms with E-state index in [1.54, 1.807) is 19.1 Å². The summed E-state index contributed by atoms with van der Waals surface area (Å²) in [5, 5.41) is 1.90. The van der Waals surface area contributed by atoms with Crippen molar-refractivity contribution >= 4 is 52.3 Å². The molecule has 0 spiro atoms. The number of esters is 1. The Morgan fingerprint density at radius 1 is 1.42 bits per heavy atom. The standard InChI is InChI=1S/C23H25ClFN5O2S/c1-3-17-20(24)19-21(27-17)28-23(29-22(19)30-10-9-14(26)12-30)33-15-7-5-13(16(25)11-15)6-8-18(31)32-4-2/h5-8,11,14H,3-4,9-10,12,26H2,1-2H3,(H,27,28,29)/b8-6+/t14-/m0/s1. The van der Waals surface area contributed by atoms with E-state index in [1.807, 2.05) is 6.92 Å². The summed E-state index contributed by atoms with van der Waals surface area (Å²) < 4.78 is 19.4. The fraction of sp³-hybridized carbons (Fsp3) is 0.348. The lowest BCUT2D eigenvalue weighted by molar-refractivity contribution is -0.137. The molecule has 33 heavy (non-hydrogen) atoms. The van der Waals surface area contributed by atoms with Crippen molar-refractivity contribution < 1.29 is 13.9 Å². The highest BCUT2D eigenvalue weighted by molar-refractivity contribution is 7.99. The number of carbonyl (C=O) groups is 1. The van der Waals surface area contributed by atoms with Gasteiger partial charge in [0, 0.05) is 41.4 Å². The monoisotopic (exact) mass is 489 g/mol. The summed E-state index contributed by atoms with van der Waals surface area (Å²) in [6.45, 7) is 5.48. The number of carbonyl (C=O) groups excluding carboxylic acids is 1. The van der Waals surface area contributed by atoms with Crippen LogP contribution in [0.3, 0.4) is 0 Å². The van der Waals surface area contributed by atoms with Crippen LogP contribution in [0.2, 0.25) is 5.02 Å². The van der Waals surface area contributed by atoms with Gasteiger partial charge < -0.3 is 20.4 Å². The summed E-state index contributed by atoms with van der Waals surface area (Å²) in [5.41, 5.74) is 7.96. The molecule has 1 atom stereocenters. The van der Waals surface area contributed by atoms with Crippen LogP contribution in [0.15, 0.2) is 34.3 Å². The maximum absolute atomic E-state index is 14.6. The second kappa shape index (κ2) is 10.1. The number of hydrogen-bond donors (Lipinski definition) is 2. The summed E-state index contributed by atoms with van der Waals surface area (Å²) in [4.78, 5) is 26.9. The number of nitrogens with zero attached hydrogens (tertiary/aromatic N) is 3. The fourth-order valence-electron chi connectivity index (χ4n) is 3.73. The molecule has 0 unspecified atom stereocenters. The zero-order chi connectivity index (χ0) is 23.5. The van der Waals surface area contributed by atoms with Gasteiger partial charge in [-0.25, -0.2) is 19.2 Å². The Bertz CT molecular complexity index is 1220. The Hall–Kier alpha value is -2.62. The number of H-pyrrole nitrogens is 1. The Labute approximate surface area is 200 Å². The van der Waals surface area contributed by atoms with Crippen molar-refractivity contribution in [3.8, 4) is 0 Å². The zero-order valence-electron chi connectivity index (χ0n) is 18.4. The molecular weight excluding hydrogens is 465 g/mol. The van der Waals surface area contributed by atoms with E-state index in [-0.39, 0.29) is 12.6 Å². The minimum atomic E-state index is -0.512. The van der Waals surface area contributed by atoms with Crippen LogP contribution in [-0.4, -0.2) is 46.7 Å². The first-order valence-electron chi connectivity index (χ1n) is 10.8. The molecule has 1 fully saturated rings. The van der Waals surface area contributed by atoms with E-state index in [9.17, 15) is 9.18 Å². The third-order valence-electron chi connectivity index (χ3n) is 5.37. The number of nitrogens with two attached hydrogens (primary N) is 1. The molecule has 4 rings (SSSR count). The Kier molecular flexibility index (Phi) is 7.21. The summed E-state index contributed by atoms with van der Waals surface area (Å²) in [6, 6.07) is 4.84. The smallest absolute Gasteiger partial charge is 0.330 e. The highest BCUT2D eigenvalue weighted by atomic mass is 35.5. The van der Waals surface area contributed by atoms with Crippen LogP contribution >= 0.6 is 23.4 Å². The lowest BCUT2D eigenvalue weighted by Crippen LogP contribution is -2.27. The van der Waals surface area contributed by atoms with Gasteiger partial charge >= 0.3 is 5.97 Å². The predicted octanol–water partition coefficient (Wildman–Crippen LogP) is 4.58. The van der Waals surface area contributed by atoms with Gasteiger partial charge in [-0.15, -0.1) is 0 Å². The van der Waals surface area contributed by atoms with Crippen LogP contribution in [0.1, 0.15) is 31.5 Å². The van der Waals surface area contributed by atoms with Crippen LogP contribution in [0.25, 0.3) is 17.1 Å². The van der Waals surface area contributed by atoms with Gasteiger partial charge in [0.05, 0.1) is 17.0 Å². The normalized spacial score (nSPS) is 16.3.